The third kappa shape index (κ3) is 8.21. The molecule has 0 unspecified atom stereocenters. The van der Waals surface area contributed by atoms with Gasteiger partial charge in [0.2, 0.25) is 21.7 Å². The van der Waals surface area contributed by atoms with Crippen molar-refractivity contribution in [3.05, 3.63) is 123 Å². The number of fused-ring (bicyclic) bond motifs is 1. The molecule has 0 radical (unpaired) electrons. The lowest BCUT2D eigenvalue weighted by Gasteiger charge is -2.22. The van der Waals surface area contributed by atoms with E-state index in [0.29, 0.717) is 64.4 Å². The van der Waals surface area contributed by atoms with Crippen LogP contribution in [0, 0.1) is 6.92 Å². The summed E-state index contributed by atoms with van der Waals surface area (Å²) in [5.74, 6) is 0.229. The molecule has 3 aromatic heterocycles. The second-order valence-electron chi connectivity index (χ2n) is 15.2. The fourth-order valence-electron chi connectivity index (χ4n) is 8.09. The van der Waals surface area contributed by atoms with Gasteiger partial charge in [-0.3, -0.25) is 9.59 Å². The highest BCUT2D eigenvalue weighted by molar-refractivity contribution is 7.91. The number of carbonyl (C=O) groups is 2. The summed E-state index contributed by atoms with van der Waals surface area (Å²) in [5, 5.41) is 33.7. The zero-order chi connectivity index (χ0) is 42.1. The number of benzene rings is 3. The van der Waals surface area contributed by atoms with Crippen molar-refractivity contribution in [2.75, 3.05) is 29.9 Å². The number of imidazole rings is 1. The quantitative estimate of drug-likeness (QED) is 0.0986. The minimum absolute atomic E-state index is 0.0357. The summed E-state index contributed by atoms with van der Waals surface area (Å²) in [6, 6.07) is 24.7. The van der Waals surface area contributed by atoms with E-state index in [1.165, 1.54) is 29.6 Å². The summed E-state index contributed by atoms with van der Waals surface area (Å²) in [6.45, 7) is 4.71. The SMILES string of the molecule is CCC(=O)N[C@H]1C[C@@H](n2cnc3c(NCC(c4ccccc4)c4ccccc4)nc(N4CC[C@@H](NC(=O)c5scc(S(=O)(=O)c6ccc(Cl)cc6)c5C)C4)nc32)[C@H](O)[C@@H]1O. The van der Waals surface area contributed by atoms with Crippen molar-refractivity contribution in [2.24, 2.45) is 0 Å². The number of nitrogens with zero attached hydrogens (tertiary/aromatic N) is 5. The van der Waals surface area contributed by atoms with E-state index in [-0.39, 0.29) is 46.4 Å². The van der Waals surface area contributed by atoms with E-state index < -0.39 is 34.1 Å². The van der Waals surface area contributed by atoms with Crippen LogP contribution in [0.1, 0.15) is 64.5 Å². The molecule has 2 fully saturated rings. The molecular formula is C43H45ClN8O6S2. The molecule has 4 heterocycles. The number of halogens is 1. The molecule has 0 bridgehead atoms. The predicted molar refractivity (Wildman–Crippen MR) is 230 cm³/mol. The van der Waals surface area contributed by atoms with Gasteiger partial charge in [0.15, 0.2) is 17.0 Å². The van der Waals surface area contributed by atoms with Crippen LogP contribution in [-0.2, 0) is 14.6 Å². The van der Waals surface area contributed by atoms with Gasteiger partial charge in [0.1, 0.15) is 12.2 Å². The number of thiophene rings is 1. The molecule has 6 aromatic rings. The van der Waals surface area contributed by atoms with Gasteiger partial charge in [-0.15, -0.1) is 11.3 Å². The lowest BCUT2D eigenvalue weighted by molar-refractivity contribution is -0.122. The molecule has 14 nitrogen and oxygen atoms in total. The zero-order valence-electron chi connectivity index (χ0n) is 32.9. The molecule has 5 atom stereocenters. The molecule has 2 amide bonds. The zero-order valence-corrected chi connectivity index (χ0v) is 35.3. The molecule has 1 saturated heterocycles. The average Bonchev–Trinajstić information content (AvgIpc) is 4.05. The summed E-state index contributed by atoms with van der Waals surface area (Å²) < 4.78 is 28.6. The van der Waals surface area contributed by atoms with Crippen molar-refractivity contribution in [3.63, 3.8) is 0 Å². The van der Waals surface area contributed by atoms with Crippen LogP contribution in [0.4, 0.5) is 11.8 Å². The first kappa shape index (κ1) is 41.3. The van der Waals surface area contributed by atoms with E-state index in [0.717, 1.165) is 22.5 Å². The van der Waals surface area contributed by atoms with Gasteiger partial charge in [0.05, 0.1) is 33.1 Å². The molecule has 60 heavy (non-hydrogen) atoms. The fourth-order valence-corrected chi connectivity index (χ4v) is 11.0. The molecule has 5 N–H and O–H groups in total. The molecular weight excluding hydrogens is 824 g/mol. The van der Waals surface area contributed by atoms with Gasteiger partial charge in [0, 0.05) is 48.4 Å². The van der Waals surface area contributed by atoms with Crippen LogP contribution < -0.4 is 20.9 Å². The third-order valence-electron chi connectivity index (χ3n) is 11.4. The Bertz CT molecular complexity index is 2570. The molecule has 17 heteroatoms. The predicted octanol–water partition coefficient (Wildman–Crippen LogP) is 5.50. The largest absolute Gasteiger partial charge is 0.388 e. The second kappa shape index (κ2) is 17.3. The number of carbonyl (C=O) groups excluding carboxylic acids is 2. The maximum atomic E-state index is 13.7. The highest BCUT2D eigenvalue weighted by Crippen LogP contribution is 2.36. The van der Waals surface area contributed by atoms with Gasteiger partial charge in [-0.1, -0.05) is 79.2 Å². The smallest absolute Gasteiger partial charge is 0.261 e. The van der Waals surface area contributed by atoms with Gasteiger partial charge in [-0.25, -0.2) is 13.4 Å². The Morgan fingerprint density at radius 3 is 2.30 bits per heavy atom. The van der Waals surface area contributed by atoms with Gasteiger partial charge < -0.3 is 35.6 Å². The molecule has 8 rings (SSSR count). The first-order chi connectivity index (χ1) is 28.9. The Morgan fingerprint density at radius 2 is 1.63 bits per heavy atom. The van der Waals surface area contributed by atoms with Gasteiger partial charge >= 0.3 is 0 Å². The number of hydrogen-bond donors (Lipinski definition) is 5. The van der Waals surface area contributed by atoms with Gasteiger partial charge in [0.25, 0.3) is 5.91 Å². The monoisotopic (exact) mass is 868 g/mol. The topological polar surface area (TPSA) is 192 Å². The molecule has 0 spiro atoms. The van der Waals surface area contributed by atoms with E-state index in [2.05, 4.69) is 40.2 Å². The van der Waals surface area contributed by atoms with E-state index in [9.17, 15) is 28.2 Å². The first-order valence-corrected chi connectivity index (χ1v) is 22.5. The molecule has 3 aromatic carbocycles. The minimum atomic E-state index is -3.87. The van der Waals surface area contributed by atoms with Gasteiger partial charge in [-0.2, -0.15) is 9.97 Å². The number of aliphatic hydroxyl groups is 2. The summed E-state index contributed by atoms with van der Waals surface area (Å²) in [4.78, 5) is 43.1. The van der Waals surface area contributed by atoms with Crippen LogP contribution in [0.3, 0.4) is 0 Å². The van der Waals surface area contributed by atoms with Crippen molar-refractivity contribution in [1.29, 1.82) is 0 Å². The maximum absolute atomic E-state index is 13.7. The van der Waals surface area contributed by atoms with Crippen LogP contribution in [0.2, 0.25) is 5.02 Å². The van der Waals surface area contributed by atoms with Crippen molar-refractivity contribution in [3.8, 4) is 0 Å². The number of anilines is 2. The highest BCUT2D eigenvalue weighted by atomic mass is 35.5. The summed E-state index contributed by atoms with van der Waals surface area (Å²) in [6.07, 6.45) is 0.272. The average molecular weight is 869 g/mol. The number of sulfone groups is 1. The van der Waals surface area contributed by atoms with Crippen molar-refractivity contribution in [1.82, 2.24) is 30.2 Å². The van der Waals surface area contributed by atoms with Crippen molar-refractivity contribution in [2.45, 2.75) is 79.2 Å². The Hall–Kier alpha value is -5.39. The number of aliphatic hydroxyl groups excluding tert-OH is 2. The first-order valence-electron chi connectivity index (χ1n) is 19.8. The summed E-state index contributed by atoms with van der Waals surface area (Å²) >= 11 is 7.07. The number of amides is 2. The Balaban J connectivity index is 1.07. The normalized spacial score (nSPS) is 20.5. The lowest BCUT2D eigenvalue weighted by Crippen LogP contribution is -2.42. The minimum Gasteiger partial charge on any atom is -0.388 e. The lowest BCUT2D eigenvalue weighted by atomic mass is 9.91. The second-order valence-corrected chi connectivity index (χ2v) is 18.4. The van der Waals surface area contributed by atoms with Crippen LogP contribution in [0.5, 0.6) is 0 Å². The third-order valence-corrected chi connectivity index (χ3v) is 14.8. The van der Waals surface area contributed by atoms with Crippen LogP contribution in [0.25, 0.3) is 11.2 Å². The number of nitrogens with one attached hydrogen (secondary N) is 3. The van der Waals surface area contributed by atoms with E-state index in [1.54, 1.807) is 24.7 Å². The Morgan fingerprint density at radius 1 is 0.950 bits per heavy atom. The van der Waals surface area contributed by atoms with Crippen LogP contribution >= 0.6 is 22.9 Å². The number of aromatic nitrogens is 4. The summed E-state index contributed by atoms with van der Waals surface area (Å²) in [7, 11) is -3.87. The maximum Gasteiger partial charge on any atom is 0.261 e. The molecule has 2 aliphatic rings. The number of rotatable bonds is 13. The molecule has 1 aliphatic heterocycles. The van der Waals surface area contributed by atoms with Crippen LogP contribution in [-0.4, -0.2) is 93.9 Å². The van der Waals surface area contributed by atoms with E-state index in [4.69, 9.17) is 26.6 Å². The Kier molecular flexibility index (Phi) is 11.9. The molecule has 1 saturated carbocycles. The van der Waals surface area contributed by atoms with E-state index >= 15 is 0 Å². The highest BCUT2D eigenvalue weighted by Gasteiger charge is 2.44. The number of hydrogen-bond acceptors (Lipinski definition) is 12. The standard InChI is InChI=1S/C43H45ClN8O6S2/c1-3-35(53)48-32-20-33(38(55)37(32)54)52-24-46-36-40(45-21-31(26-10-6-4-7-11-26)27-12-8-5-9-13-27)49-43(50-41(36)52)51-19-18-29(22-51)47-42(56)39-25(2)34(23-59-39)60(57,58)30-16-14-28(44)15-17-30/h4-17,23-24,29,31-33,37-38,54-55H,3,18-22H2,1-2H3,(H,47,56)(H,48,53)(H,45,49,50)/t29-,32+,33-,37-,38+/m1/s1. The van der Waals surface area contributed by atoms with E-state index in [1.807, 2.05) is 41.3 Å². The van der Waals surface area contributed by atoms with Gasteiger partial charge in [-0.05, 0) is 60.7 Å². The fraction of sp³-hybridized carbons (Fsp3) is 0.326. The van der Waals surface area contributed by atoms with Crippen molar-refractivity contribution < 1.29 is 28.2 Å². The van der Waals surface area contributed by atoms with Crippen LogP contribution in [0.15, 0.2) is 106 Å². The molecule has 1 aliphatic carbocycles. The van der Waals surface area contributed by atoms with Crippen molar-refractivity contribution >= 4 is 67.5 Å². The summed E-state index contributed by atoms with van der Waals surface area (Å²) in [5.41, 5.74) is 3.52. The molecule has 312 valence electrons. The Labute approximate surface area is 356 Å².